The second-order valence-electron chi connectivity index (χ2n) is 8.13. The number of hydrogen-bond donors (Lipinski definition) is 1. The van der Waals surface area contributed by atoms with Crippen LogP contribution in [0.25, 0.3) is 16.9 Å². The highest BCUT2D eigenvalue weighted by atomic mass is 32.1. The Morgan fingerprint density at radius 3 is 2.61 bits per heavy atom. The zero-order valence-electron chi connectivity index (χ0n) is 18.5. The number of benzene rings is 2. The van der Waals surface area contributed by atoms with E-state index >= 15 is 0 Å². The summed E-state index contributed by atoms with van der Waals surface area (Å²) in [5.41, 5.74) is 7.85. The van der Waals surface area contributed by atoms with E-state index in [2.05, 4.69) is 50.1 Å². The smallest absolute Gasteiger partial charge is 0.187 e. The van der Waals surface area contributed by atoms with Crippen LogP contribution in [0.3, 0.4) is 0 Å². The van der Waals surface area contributed by atoms with E-state index in [1.54, 1.807) is 23.2 Å². The Morgan fingerprint density at radius 2 is 1.97 bits per heavy atom. The van der Waals surface area contributed by atoms with Crippen molar-refractivity contribution in [2.45, 2.75) is 47.0 Å². The van der Waals surface area contributed by atoms with Crippen molar-refractivity contribution in [1.82, 2.24) is 14.5 Å². The molecule has 0 saturated heterocycles. The summed E-state index contributed by atoms with van der Waals surface area (Å²) in [6.07, 6.45) is 4.45. The highest BCUT2D eigenvalue weighted by Gasteiger charge is 2.13. The fourth-order valence-electron chi connectivity index (χ4n) is 3.77. The minimum absolute atomic E-state index is 0.301. The monoisotopic (exact) mass is 434 g/mol. The Hall–Kier alpha value is -2.99. The normalized spacial score (nSPS) is 11.3. The lowest BCUT2D eigenvalue weighted by Gasteiger charge is -2.16. The molecule has 0 saturated carbocycles. The summed E-state index contributed by atoms with van der Waals surface area (Å²) in [5, 5.41) is 6.22. The maximum Gasteiger partial charge on any atom is 0.187 e. The number of nitrogens with zero attached hydrogens (tertiary/aromatic N) is 3. The summed E-state index contributed by atoms with van der Waals surface area (Å²) in [5.74, 6) is 0.161. The van der Waals surface area contributed by atoms with Gasteiger partial charge in [-0.15, -0.1) is 11.3 Å². The molecule has 0 unspecified atom stereocenters. The van der Waals surface area contributed by atoms with E-state index in [1.165, 1.54) is 34.1 Å². The fraction of sp³-hybridized carbons (Fsp3) is 0.280. The van der Waals surface area contributed by atoms with E-state index in [0.717, 1.165) is 34.2 Å². The summed E-state index contributed by atoms with van der Waals surface area (Å²) in [6.45, 7) is 10.6. The standard InChI is InChI=1S/C25H27FN4S/c1-6-18-9-16(4)22(11-20(18)15(2)3)28-25-29-23(13-31-25)19-7-8-24(21(26)10-19)30-12-17(5)27-14-30/h7-15H,6H2,1-5H3,(H,28,29). The molecular weight excluding hydrogens is 407 g/mol. The van der Waals surface area contributed by atoms with Gasteiger partial charge in [-0.2, -0.15) is 0 Å². The van der Waals surface area contributed by atoms with Gasteiger partial charge in [-0.3, -0.25) is 0 Å². The molecule has 0 aliphatic heterocycles. The van der Waals surface area contributed by atoms with Crippen LogP contribution in [0.2, 0.25) is 0 Å². The molecule has 2 aromatic heterocycles. The molecule has 0 amide bonds. The molecule has 2 heterocycles. The van der Waals surface area contributed by atoms with Crippen LogP contribution in [0, 0.1) is 19.7 Å². The molecule has 4 rings (SSSR count). The SMILES string of the molecule is CCc1cc(C)c(Nc2nc(-c3ccc(-n4cnc(C)c4)c(F)c3)cs2)cc1C(C)C. The Morgan fingerprint density at radius 1 is 1.16 bits per heavy atom. The third-order valence-corrected chi connectivity index (χ3v) is 6.23. The van der Waals surface area contributed by atoms with Crippen LogP contribution < -0.4 is 5.32 Å². The zero-order chi connectivity index (χ0) is 22.1. The van der Waals surface area contributed by atoms with Gasteiger partial charge in [0.1, 0.15) is 5.82 Å². The molecular formula is C25H27FN4S. The number of aromatic nitrogens is 3. The zero-order valence-corrected chi connectivity index (χ0v) is 19.3. The van der Waals surface area contributed by atoms with Gasteiger partial charge in [-0.1, -0.05) is 32.9 Å². The van der Waals surface area contributed by atoms with Crippen molar-refractivity contribution in [2.24, 2.45) is 0 Å². The number of nitrogens with one attached hydrogen (secondary N) is 1. The van der Waals surface area contributed by atoms with Gasteiger partial charge in [0.2, 0.25) is 0 Å². The lowest BCUT2D eigenvalue weighted by Crippen LogP contribution is -2.01. The van der Waals surface area contributed by atoms with Crippen molar-refractivity contribution < 1.29 is 4.39 Å². The predicted octanol–water partition coefficient (Wildman–Crippen LogP) is 7.18. The largest absolute Gasteiger partial charge is 0.331 e. The maximum absolute atomic E-state index is 14.7. The maximum atomic E-state index is 14.7. The van der Waals surface area contributed by atoms with Crippen molar-refractivity contribution in [1.29, 1.82) is 0 Å². The molecule has 4 nitrogen and oxygen atoms in total. The van der Waals surface area contributed by atoms with Crippen LogP contribution in [0.1, 0.15) is 49.1 Å². The molecule has 160 valence electrons. The van der Waals surface area contributed by atoms with Crippen LogP contribution in [-0.4, -0.2) is 14.5 Å². The van der Waals surface area contributed by atoms with Crippen molar-refractivity contribution in [2.75, 3.05) is 5.32 Å². The van der Waals surface area contributed by atoms with E-state index in [4.69, 9.17) is 4.98 Å². The molecule has 0 radical (unpaired) electrons. The molecule has 31 heavy (non-hydrogen) atoms. The van der Waals surface area contributed by atoms with Crippen molar-refractivity contribution in [3.63, 3.8) is 0 Å². The average Bonchev–Trinajstić information content (AvgIpc) is 3.38. The van der Waals surface area contributed by atoms with Crippen molar-refractivity contribution in [3.8, 4) is 16.9 Å². The van der Waals surface area contributed by atoms with Crippen LogP contribution in [0.4, 0.5) is 15.2 Å². The lowest BCUT2D eigenvalue weighted by molar-refractivity contribution is 0.618. The molecule has 0 aliphatic rings. The molecule has 0 fully saturated rings. The van der Waals surface area contributed by atoms with Gasteiger partial charge in [0.25, 0.3) is 0 Å². The molecule has 1 N–H and O–H groups in total. The lowest BCUT2D eigenvalue weighted by atomic mass is 9.93. The van der Waals surface area contributed by atoms with Gasteiger partial charge >= 0.3 is 0 Å². The van der Waals surface area contributed by atoms with Gasteiger partial charge in [0.05, 0.1) is 23.4 Å². The topological polar surface area (TPSA) is 42.7 Å². The van der Waals surface area contributed by atoms with E-state index in [1.807, 2.05) is 18.4 Å². The number of aryl methyl sites for hydroxylation is 3. The van der Waals surface area contributed by atoms with Crippen molar-refractivity contribution in [3.05, 3.63) is 76.4 Å². The quantitative estimate of drug-likeness (QED) is 0.349. The predicted molar refractivity (Wildman–Crippen MR) is 127 cm³/mol. The summed E-state index contributed by atoms with van der Waals surface area (Å²) >= 11 is 1.52. The number of imidazole rings is 1. The first-order valence-corrected chi connectivity index (χ1v) is 11.4. The van der Waals surface area contributed by atoms with Gasteiger partial charge in [0, 0.05) is 22.8 Å². The number of rotatable bonds is 6. The Balaban J connectivity index is 1.59. The number of anilines is 2. The third kappa shape index (κ3) is 4.39. The highest BCUT2D eigenvalue weighted by Crippen LogP contribution is 2.32. The Kier molecular flexibility index (Phi) is 5.92. The summed E-state index contributed by atoms with van der Waals surface area (Å²) in [7, 11) is 0. The summed E-state index contributed by atoms with van der Waals surface area (Å²) < 4.78 is 16.4. The van der Waals surface area contributed by atoms with E-state index in [-0.39, 0.29) is 5.82 Å². The molecule has 0 aliphatic carbocycles. The first kappa shape index (κ1) is 21.2. The molecule has 2 aromatic carbocycles. The van der Waals surface area contributed by atoms with Crippen molar-refractivity contribution >= 4 is 22.2 Å². The number of halogens is 1. The van der Waals surface area contributed by atoms with Gasteiger partial charge < -0.3 is 9.88 Å². The second-order valence-corrected chi connectivity index (χ2v) is 8.98. The number of hydrogen-bond acceptors (Lipinski definition) is 4. The highest BCUT2D eigenvalue weighted by molar-refractivity contribution is 7.14. The first-order valence-electron chi connectivity index (χ1n) is 10.5. The van der Waals surface area contributed by atoms with Gasteiger partial charge in [0.15, 0.2) is 5.13 Å². The van der Waals surface area contributed by atoms with Gasteiger partial charge in [-0.25, -0.2) is 14.4 Å². The average molecular weight is 435 g/mol. The molecule has 4 aromatic rings. The first-order chi connectivity index (χ1) is 14.9. The van der Waals surface area contributed by atoms with Crippen LogP contribution in [-0.2, 0) is 6.42 Å². The summed E-state index contributed by atoms with van der Waals surface area (Å²) in [6, 6.07) is 9.69. The Labute approximate surface area is 186 Å². The van der Waals surface area contributed by atoms with E-state index < -0.39 is 0 Å². The molecule has 0 spiro atoms. The van der Waals surface area contributed by atoms with Crippen LogP contribution in [0.5, 0.6) is 0 Å². The summed E-state index contributed by atoms with van der Waals surface area (Å²) in [4.78, 5) is 8.87. The van der Waals surface area contributed by atoms with Crippen LogP contribution >= 0.6 is 11.3 Å². The molecule has 0 atom stereocenters. The molecule has 6 heteroatoms. The minimum Gasteiger partial charge on any atom is -0.331 e. The van der Waals surface area contributed by atoms with Crippen LogP contribution in [0.15, 0.2) is 48.2 Å². The van der Waals surface area contributed by atoms with E-state index in [9.17, 15) is 4.39 Å². The number of thiazole rings is 1. The Bertz CT molecular complexity index is 1220. The van der Waals surface area contributed by atoms with Gasteiger partial charge in [-0.05, 0) is 61.1 Å². The second kappa shape index (κ2) is 8.63. The minimum atomic E-state index is -0.301. The fourth-order valence-corrected chi connectivity index (χ4v) is 4.50. The van der Waals surface area contributed by atoms with E-state index in [0.29, 0.717) is 11.6 Å². The molecule has 0 bridgehead atoms. The third-order valence-electron chi connectivity index (χ3n) is 5.47.